The fourth-order valence-electron chi connectivity index (χ4n) is 4.26. The number of ether oxygens (including phenoxy) is 1. The molecule has 0 bridgehead atoms. The van der Waals surface area contributed by atoms with Crippen LogP contribution >= 0.6 is 12.2 Å². The number of pyridine rings is 1. The SMILES string of the molecule is CC(C)(C)OC(=O)CCCCCCN1CCN(S(=O)(=O)c2ccc(NC(=S)NCc3cccnc3)cc2)CC1. The summed E-state index contributed by atoms with van der Waals surface area (Å²) >= 11 is 5.34. The Bertz CT molecular complexity index is 1160. The predicted molar refractivity (Wildman–Crippen MR) is 158 cm³/mol. The van der Waals surface area contributed by atoms with Crippen molar-refractivity contribution in [3.05, 3.63) is 54.4 Å². The second-order valence-electron chi connectivity index (χ2n) is 10.7. The van der Waals surface area contributed by atoms with Gasteiger partial charge in [0.2, 0.25) is 10.0 Å². The lowest BCUT2D eigenvalue weighted by molar-refractivity contribution is -0.154. The Morgan fingerprint density at radius 3 is 2.36 bits per heavy atom. The molecular weight excluding hydrogens is 534 g/mol. The zero-order valence-corrected chi connectivity index (χ0v) is 24.8. The van der Waals surface area contributed by atoms with Gasteiger partial charge < -0.3 is 20.3 Å². The van der Waals surface area contributed by atoms with E-state index in [0.717, 1.165) is 37.8 Å². The highest BCUT2D eigenvalue weighted by Gasteiger charge is 2.28. The highest BCUT2D eigenvalue weighted by Crippen LogP contribution is 2.20. The second kappa shape index (κ2) is 14.7. The number of sulfonamides is 1. The standard InChI is InChI=1S/C28H41N5O4S2/c1-28(2,3)37-26(34)10-6-4-5-7-16-32-17-19-33(20-18-32)39(35,36)25-13-11-24(12-14-25)31-27(38)30-22-23-9-8-15-29-21-23/h8-9,11-15,21H,4-7,10,16-20,22H2,1-3H3,(H2,30,31,38). The van der Waals surface area contributed by atoms with E-state index in [1.165, 1.54) is 0 Å². The number of benzene rings is 1. The van der Waals surface area contributed by atoms with Gasteiger partial charge in [0.1, 0.15) is 5.60 Å². The number of piperazine rings is 1. The van der Waals surface area contributed by atoms with Gasteiger partial charge in [-0.25, -0.2) is 8.42 Å². The molecule has 0 radical (unpaired) electrons. The maximum absolute atomic E-state index is 13.2. The first-order valence-electron chi connectivity index (χ1n) is 13.5. The Kier molecular flexibility index (Phi) is 11.7. The summed E-state index contributed by atoms with van der Waals surface area (Å²) in [7, 11) is -3.55. The van der Waals surface area contributed by atoms with Crippen molar-refractivity contribution in [2.45, 2.75) is 69.9 Å². The number of rotatable bonds is 12. The van der Waals surface area contributed by atoms with E-state index in [1.54, 1.807) is 41.0 Å². The van der Waals surface area contributed by atoms with E-state index in [1.807, 2.05) is 32.9 Å². The van der Waals surface area contributed by atoms with Crippen LogP contribution in [0.3, 0.4) is 0 Å². The van der Waals surface area contributed by atoms with Gasteiger partial charge in [0, 0.05) is 57.2 Å². The Morgan fingerprint density at radius 1 is 1.03 bits per heavy atom. The minimum absolute atomic E-state index is 0.136. The zero-order chi connectivity index (χ0) is 28.3. The molecule has 11 heteroatoms. The first kappa shape index (κ1) is 30.9. The van der Waals surface area contributed by atoms with Crippen molar-refractivity contribution >= 4 is 39.0 Å². The Hall–Kier alpha value is -2.60. The van der Waals surface area contributed by atoms with Gasteiger partial charge in [-0.05, 0) is 88.3 Å². The molecule has 1 aliphatic heterocycles. The van der Waals surface area contributed by atoms with Crippen molar-refractivity contribution in [3.8, 4) is 0 Å². The molecule has 1 aromatic heterocycles. The molecule has 2 N–H and O–H groups in total. The van der Waals surface area contributed by atoms with Crippen LogP contribution in [0.15, 0.2) is 53.7 Å². The molecule has 1 saturated heterocycles. The molecule has 2 heterocycles. The lowest BCUT2D eigenvalue weighted by Crippen LogP contribution is -2.48. The molecule has 0 amide bonds. The summed E-state index contributed by atoms with van der Waals surface area (Å²) in [5.74, 6) is -0.136. The van der Waals surface area contributed by atoms with E-state index in [-0.39, 0.29) is 10.9 Å². The van der Waals surface area contributed by atoms with Gasteiger partial charge in [-0.1, -0.05) is 18.9 Å². The molecule has 0 spiro atoms. The maximum atomic E-state index is 13.2. The van der Waals surface area contributed by atoms with Crippen molar-refractivity contribution < 1.29 is 17.9 Å². The van der Waals surface area contributed by atoms with Crippen LogP contribution in [0.1, 0.15) is 58.4 Å². The largest absolute Gasteiger partial charge is 0.460 e. The van der Waals surface area contributed by atoms with E-state index in [2.05, 4.69) is 20.5 Å². The van der Waals surface area contributed by atoms with E-state index >= 15 is 0 Å². The van der Waals surface area contributed by atoms with E-state index in [9.17, 15) is 13.2 Å². The molecule has 3 rings (SSSR count). The molecule has 0 atom stereocenters. The number of nitrogens with zero attached hydrogens (tertiary/aromatic N) is 3. The van der Waals surface area contributed by atoms with Crippen molar-refractivity contribution in [2.24, 2.45) is 0 Å². The molecule has 1 aromatic carbocycles. The monoisotopic (exact) mass is 575 g/mol. The van der Waals surface area contributed by atoms with E-state index < -0.39 is 15.6 Å². The number of aromatic nitrogens is 1. The molecule has 39 heavy (non-hydrogen) atoms. The smallest absolute Gasteiger partial charge is 0.306 e. The summed E-state index contributed by atoms with van der Waals surface area (Å²) in [6, 6.07) is 10.5. The van der Waals surface area contributed by atoms with E-state index in [0.29, 0.717) is 49.9 Å². The van der Waals surface area contributed by atoms with Gasteiger partial charge >= 0.3 is 5.97 Å². The molecule has 2 aromatic rings. The van der Waals surface area contributed by atoms with Crippen molar-refractivity contribution in [1.29, 1.82) is 0 Å². The molecule has 0 aliphatic carbocycles. The van der Waals surface area contributed by atoms with Gasteiger partial charge in [-0.3, -0.25) is 9.78 Å². The van der Waals surface area contributed by atoms with Crippen LogP contribution in [-0.2, 0) is 26.1 Å². The molecule has 1 aliphatic rings. The molecule has 214 valence electrons. The molecule has 0 saturated carbocycles. The van der Waals surface area contributed by atoms with Crippen LogP contribution in [0.2, 0.25) is 0 Å². The number of anilines is 1. The number of hydrogen-bond acceptors (Lipinski definition) is 7. The number of esters is 1. The third-order valence-corrected chi connectivity index (χ3v) is 8.44. The lowest BCUT2D eigenvalue weighted by atomic mass is 10.1. The van der Waals surface area contributed by atoms with Crippen LogP contribution < -0.4 is 10.6 Å². The normalized spacial score (nSPS) is 15.1. The number of nitrogens with one attached hydrogen (secondary N) is 2. The molecule has 9 nitrogen and oxygen atoms in total. The van der Waals surface area contributed by atoms with Crippen LogP contribution in [0.5, 0.6) is 0 Å². The maximum Gasteiger partial charge on any atom is 0.306 e. The third kappa shape index (κ3) is 10.8. The minimum Gasteiger partial charge on any atom is -0.460 e. The quantitative estimate of drug-likeness (QED) is 0.219. The van der Waals surface area contributed by atoms with Crippen molar-refractivity contribution in [3.63, 3.8) is 0 Å². The van der Waals surface area contributed by atoms with Gasteiger partial charge in [-0.2, -0.15) is 4.31 Å². The summed E-state index contributed by atoms with van der Waals surface area (Å²) in [6.07, 6.45) is 7.86. The Balaban J connectivity index is 1.35. The number of carbonyl (C=O) groups excluding carboxylic acids is 1. The van der Waals surface area contributed by atoms with Crippen LogP contribution in [0.25, 0.3) is 0 Å². The molecule has 1 fully saturated rings. The summed E-state index contributed by atoms with van der Waals surface area (Å²) in [4.78, 5) is 18.5. The summed E-state index contributed by atoms with van der Waals surface area (Å²) in [5, 5.41) is 6.65. The Morgan fingerprint density at radius 2 is 1.72 bits per heavy atom. The average molecular weight is 576 g/mol. The number of unbranched alkanes of at least 4 members (excludes halogenated alkanes) is 3. The number of thiocarbonyl (C=S) groups is 1. The van der Waals surface area contributed by atoms with Crippen LogP contribution in [-0.4, -0.2) is 72.0 Å². The Labute approximate surface area is 238 Å². The highest BCUT2D eigenvalue weighted by molar-refractivity contribution is 7.89. The highest BCUT2D eigenvalue weighted by atomic mass is 32.2. The van der Waals surface area contributed by atoms with Gasteiger partial charge in [0.05, 0.1) is 4.90 Å². The topological polar surface area (TPSA) is 104 Å². The van der Waals surface area contributed by atoms with E-state index in [4.69, 9.17) is 17.0 Å². The lowest BCUT2D eigenvalue weighted by Gasteiger charge is -2.34. The zero-order valence-electron chi connectivity index (χ0n) is 23.2. The predicted octanol–water partition coefficient (Wildman–Crippen LogP) is 4.17. The first-order valence-corrected chi connectivity index (χ1v) is 15.4. The van der Waals surface area contributed by atoms with Gasteiger partial charge in [-0.15, -0.1) is 0 Å². The van der Waals surface area contributed by atoms with Crippen molar-refractivity contribution in [2.75, 3.05) is 38.0 Å². The van der Waals surface area contributed by atoms with Crippen LogP contribution in [0, 0.1) is 0 Å². The summed E-state index contributed by atoms with van der Waals surface area (Å²) in [5.41, 5.74) is 1.30. The molecular formula is C28H41N5O4S2. The fourth-order valence-corrected chi connectivity index (χ4v) is 5.88. The number of hydrogen-bond donors (Lipinski definition) is 2. The van der Waals surface area contributed by atoms with Crippen molar-refractivity contribution in [1.82, 2.24) is 19.5 Å². The summed E-state index contributed by atoms with van der Waals surface area (Å²) < 4.78 is 33.2. The fraction of sp³-hybridized carbons (Fsp3) is 0.536. The van der Waals surface area contributed by atoms with Crippen LogP contribution in [0.4, 0.5) is 5.69 Å². The second-order valence-corrected chi connectivity index (χ2v) is 13.0. The van der Waals surface area contributed by atoms with Gasteiger partial charge in [0.25, 0.3) is 0 Å². The summed E-state index contributed by atoms with van der Waals surface area (Å²) in [6.45, 7) is 9.51. The van der Waals surface area contributed by atoms with Gasteiger partial charge in [0.15, 0.2) is 5.11 Å². The third-order valence-electron chi connectivity index (χ3n) is 6.28. The molecule has 0 unspecified atom stereocenters. The number of carbonyl (C=O) groups is 1. The first-order chi connectivity index (χ1) is 18.5. The average Bonchev–Trinajstić information content (AvgIpc) is 2.89. The minimum atomic E-state index is -3.55.